The molecule has 0 atom stereocenters. The molecule has 1 aliphatic heterocycles. The van der Waals surface area contributed by atoms with Crippen LogP contribution in [-0.4, -0.2) is 60.4 Å². The first-order valence-electron chi connectivity index (χ1n) is 9.45. The van der Waals surface area contributed by atoms with E-state index in [1.165, 1.54) is 5.56 Å². The van der Waals surface area contributed by atoms with Crippen LogP contribution in [0.4, 0.5) is 11.5 Å². The molecular weight excluding hydrogens is 342 g/mol. The number of carbonyl (C=O) groups is 1. The number of aryl methyl sites for hydroxylation is 2. The standard InChI is InChI=1S/C20H27N5O2/c1-3-16-6-4-5-15(2)19(16)22-18-8-7-17(23-24-18)20(26)21-9-10-25-11-13-27-14-12-25/h4-8H,3,9-14H2,1-2H3,(H,21,26)(H,22,24). The number of benzene rings is 1. The Morgan fingerprint density at radius 3 is 2.70 bits per heavy atom. The van der Waals surface area contributed by atoms with Crippen molar-refractivity contribution >= 4 is 17.4 Å². The molecule has 2 N–H and O–H groups in total. The van der Waals surface area contributed by atoms with Crippen molar-refractivity contribution in [1.29, 1.82) is 0 Å². The first kappa shape index (κ1) is 19.3. The molecule has 1 amide bonds. The van der Waals surface area contributed by atoms with Gasteiger partial charge < -0.3 is 15.4 Å². The summed E-state index contributed by atoms with van der Waals surface area (Å²) in [4.78, 5) is 14.5. The summed E-state index contributed by atoms with van der Waals surface area (Å²) in [6, 6.07) is 9.69. The van der Waals surface area contributed by atoms with Gasteiger partial charge in [-0.05, 0) is 36.6 Å². The van der Waals surface area contributed by atoms with Gasteiger partial charge in [0.1, 0.15) is 0 Å². The Kier molecular flexibility index (Phi) is 6.73. The van der Waals surface area contributed by atoms with Crippen LogP contribution in [0.5, 0.6) is 0 Å². The highest BCUT2D eigenvalue weighted by Gasteiger charge is 2.12. The molecule has 7 nitrogen and oxygen atoms in total. The number of carbonyl (C=O) groups excluding carboxylic acids is 1. The first-order chi connectivity index (χ1) is 13.2. The average molecular weight is 369 g/mol. The Morgan fingerprint density at radius 2 is 2.00 bits per heavy atom. The number of nitrogens with one attached hydrogen (secondary N) is 2. The minimum atomic E-state index is -0.201. The number of anilines is 2. The van der Waals surface area contributed by atoms with Crippen molar-refractivity contribution in [2.24, 2.45) is 0 Å². The monoisotopic (exact) mass is 369 g/mol. The Bertz CT molecular complexity index is 757. The molecule has 1 saturated heterocycles. The Morgan fingerprint density at radius 1 is 1.19 bits per heavy atom. The van der Waals surface area contributed by atoms with Crippen molar-refractivity contribution in [3.8, 4) is 0 Å². The maximum absolute atomic E-state index is 12.2. The highest BCUT2D eigenvalue weighted by Crippen LogP contribution is 2.24. The third-order valence-corrected chi connectivity index (χ3v) is 4.71. The van der Waals surface area contributed by atoms with Crippen molar-refractivity contribution in [2.45, 2.75) is 20.3 Å². The van der Waals surface area contributed by atoms with E-state index < -0.39 is 0 Å². The molecule has 2 aromatic rings. The van der Waals surface area contributed by atoms with Gasteiger partial charge in [-0.3, -0.25) is 9.69 Å². The molecule has 0 bridgehead atoms. The van der Waals surface area contributed by atoms with Crippen LogP contribution in [0.1, 0.15) is 28.5 Å². The summed E-state index contributed by atoms with van der Waals surface area (Å²) in [5.74, 6) is 0.427. The second-order valence-electron chi connectivity index (χ2n) is 6.60. The van der Waals surface area contributed by atoms with Crippen molar-refractivity contribution in [2.75, 3.05) is 44.7 Å². The molecule has 0 aliphatic carbocycles. The second kappa shape index (κ2) is 9.43. The fraction of sp³-hybridized carbons (Fsp3) is 0.450. The predicted molar refractivity (Wildman–Crippen MR) is 105 cm³/mol. The lowest BCUT2D eigenvalue weighted by Gasteiger charge is -2.26. The number of rotatable bonds is 7. The SMILES string of the molecule is CCc1cccc(C)c1Nc1ccc(C(=O)NCCN2CCOCC2)nn1. The van der Waals surface area contributed by atoms with Crippen LogP contribution in [-0.2, 0) is 11.2 Å². The third-order valence-electron chi connectivity index (χ3n) is 4.71. The van der Waals surface area contributed by atoms with Gasteiger partial charge in [0.05, 0.1) is 13.2 Å². The molecule has 2 heterocycles. The highest BCUT2D eigenvalue weighted by atomic mass is 16.5. The maximum atomic E-state index is 12.2. The van der Waals surface area contributed by atoms with E-state index in [0.29, 0.717) is 18.1 Å². The van der Waals surface area contributed by atoms with Crippen molar-refractivity contribution < 1.29 is 9.53 Å². The zero-order valence-electron chi connectivity index (χ0n) is 16.0. The summed E-state index contributed by atoms with van der Waals surface area (Å²) in [6.45, 7) is 8.92. The minimum Gasteiger partial charge on any atom is -0.379 e. The summed E-state index contributed by atoms with van der Waals surface area (Å²) >= 11 is 0. The number of ether oxygens (including phenoxy) is 1. The summed E-state index contributed by atoms with van der Waals surface area (Å²) in [6.07, 6.45) is 0.932. The summed E-state index contributed by atoms with van der Waals surface area (Å²) in [7, 11) is 0. The third kappa shape index (κ3) is 5.24. The van der Waals surface area contributed by atoms with E-state index in [2.05, 4.69) is 57.8 Å². The number of morpholine rings is 1. The van der Waals surface area contributed by atoms with E-state index in [-0.39, 0.29) is 5.91 Å². The maximum Gasteiger partial charge on any atom is 0.271 e. The van der Waals surface area contributed by atoms with Crippen LogP contribution in [0, 0.1) is 6.92 Å². The van der Waals surface area contributed by atoms with Crippen LogP contribution in [0.2, 0.25) is 0 Å². The molecule has 0 spiro atoms. The van der Waals surface area contributed by atoms with Gasteiger partial charge in [0.25, 0.3) is 5.91 Å². The summed E-state index contributed by atoms with van der Waals surface area (Å²) < 4.78 is 5.32. The van der Waals surface area contributed by atoms with Crippen molar-refractivity contribution in [1.82, 2.24) is 20.4 Å². The molecule has 0 unspecified atom stereocenters. The molecular formula is C20H27N5O2. The van der Waals surface area contributed by atoms with Gasteiger partial charge in [-0.1, -0.05) is 25.1 Å². The van der Waals surface area contributed by atoms with E-state index >= 15 is 0 Å². The zero-order chi connectivity index (χ0) is 19.1. The lowest BCUT2D eigenvalue weighted by atomic mass is 10.1. The molecule has 1 aromatic heterocycles. The molecule has 3 rings (SSSR count). The number of hydrogen-bond acceptors (Lipinski definition) is 6. The van der Waals surface area contributed by atoms with Crippen LogP contribution < -0.4 is 10.6 Å². The molecule has 1 aliphatic rings. The fourth-order valence-corrected chi connectivity index (χ4v) is 3.09. The second-order valence-corrected chi connectivity index (χ2v) is 6.60. The summed E-state index contributed by atoms with van der Waals surface area (Å²) in [5, 5.41) is 14.4. The highest BCUT2D eigenvalue weighted by molar-refractivity contribution is 5.92. The van der Waals surface area contributed by atoms with Crippen LogP contribution >= 0.6 is 0 Å². The van der Waals surface area contributed by atoms with Gasteiger partial charge in [-0.15, -0.1) is 10.2 Å². The molecule has 144 valence electrons. The van der Waals surface area contributed by atoms with E-state index in [1.807, 2.05) is 0 Å². The van der Waals surface area contributed by atoms with Gasteiger partial charge in [0, 0.05) is 31.9 Å². The molecule has 0 radical (unpaired) electrons. The predicted octanol–water partition coefficient (Wildman–Crippen LogP) is 2.15. The molecule has 7 heteroatoms. The van der Waals surface area contributed by atoms with E-state index in [9.17, 15) is 4.79 Å². The zero-order valence-corrected chi connectivity index (χ0v) is 16.0. The van der Waals surface area contributed by atoms with Gasteiger partial charge >= 0.3 is 0 Å². The first-order valence-corrected chi connectivity index (χ1v) is 9.45. The number of amides is 1. The quantitative estimate of drug-likeness (QED) is 0.779. The number of para-hydroxylation sites is 1. The number of hydrogen-bond donors (Lipinski definition) is 2. The topological polar surface area (TPSA) is 79.4 Å². The molecule has 1 aromatic carbocycles. The molecule has 1 fully saturated rings. The Balaban J connectivity index is 1.54. The van der Waals surface area contributed by atoms with E-state index in [4.69, 9.17) is 4.74 Å². The Labute approximate surface area is 160 Å². The molecule has 27 heavy (non-hydrogen) atoms. The number of nitrogens with zero attached hydrogens (tertiary/aromatic N) is 3. The average Bonchev–Trinajstić information content (AvgIpc) is 2.71. The van der Waals surface area contributed by atoms with Crippen molar-refractivity contribution in [3.63, 3.8) is 0 Å². The van der Waals surface area contributed by atoms with Crippen LogP contribution in [0.3, 0.4) is 0 Å². The van der Waals surface area contributed by atoms with Crippen LogP contribution in [0.15, 0.2) is 30.3 Å². The van der Waals surface area contributed by atoms with E-state index in [1.54, 1.807) is 12.1 Å². The summed E-state index contributed by atoms with van der Waals surface area (Å²) in [5.41, 5.74) is 3.75. The van der Waals surface area contributed by atoms with Gasteiger partial charge in [-0.2, -0.15) is 0 Å². The lowest BCUT2D eigenvalue weighted by Crippen LogP contribution is -2.41. The smallest absolute Gasteiger partial charge is 0.271 e. The van der Waals surface area contributed by atoms with Crippen LogP contribution in [0.25, 0.3) is 0 Å². The largest absolute Gasteiger partial charge is 0.379 e. The van der Waals surface area contributed by atoms with Gasteiger partial charge in [0.2, 0.25) is 0 Å². The van der Waals surface area contributed by atoms with Gasteiger partial charge in [-0.25, -0.2) is 0 Å². The minimum absolute atomic E-state index is 0.201. The van der Waals surface area contributed by atoms with E-state index in [0.717, 1.165) is 50.5 Å². The molecule has 0 saturated carbocycles. The lowest BCUT2D eigenvalue weighted by molar-refractivity contribution is 0.0383. The van der Waals surface area contributed by atoms with Crippen molar-refractivity contribution in [3.05, 3.63) is 47.2 Å². The Hall–Kier alpha value is -2.51. The normalized spacial score (nSPS) is 14.7. The van der Waals surface area contributed by atoms with Gasteiger partial charge in [0.15, 0.2) is 11.5 Å². The number of aromatic nitrogens is 2. The fourth-order valence-electron chi connectivity index (χ4n) is 3.09.